The van der Waals surface area contributed by atoms with Gasteiger partial charge >= 0.3 is 0 Å². The molecule has 1 amide bonds. The average molecular weight is 465 g/mol. The molecule has 1 saturated heterocycles. The number of hydrogen-bond donors (Lipinski definition) is 2. The molecule has 2 N–H and O–H groups in total. The van der Waals surface area contributed by atoms with Crippen LogP contribution in [-0.2, 0) is 14.8 Å². The minimum atomic E-state index is -3.74. The van der Waals surface area contributed by atoms with Crippen molar-refractivity contribution in [2.45, 2.75) is 23.8 Å². The summed E-state index contributed by atoms with van der Waals surface area (Å²) in [4.78, 5) is 23.4. The van der Waals surface area contributed by atoms with Crippen molar-refractivity contribution in [3.05, 3.63) is 52.1 Å². The number of nitro benzene ring substituents is 1. The van der Waals surface area contributed by atoms with Crippen LogP contribution in [0.2, 0.25) is 0 Å². The molecule has 0 radical (unpaired) electrons. The molecule has 172 valence electrons. The first-order chi connectivity index (χ1) is 15.2. The Labute approximate surface area is 184 Å². The number of anilines is 1. The maximum absolute atomic E-state index is 12.7. The van der Waals surface area contributed by atoms with Gasteiger partial charge in [-0.05, 0) is 37.1 Å². The highest BCUT2D eigenvalue weighted by Crippen LogP contribution is 2.34. The molecule has 0 spiro atoms. The SMILES string of the molecule is COc1cc(C(=O)Nc2ccc(S(=O)(=O)NC[C@@H]3CCCO3)cc2)c([N+](=O)[O-])cc1OC. The van der Waals surface area contributed by atoms with Crippen molar-refractivity contribution in [1.82, 2.24) is 4.72 Å². The first-order valence-electron chi connectivity index (χ1n) is 9.68. The molecule has 2 aromatic carbocycles. The maximum atomic E-state index is 12.7. The molecule has 11 nitrogen and oxygen atoms in total. The highest BCUT2D eigenvalue weighted by atomic mass is 32.2. The molecule has 1 atom stereocenters. The minimum absolute atomic E-state index is 0.0191. The van der Waals surface area contributed by atoms with Gasteiger partial charge in [0.05, 0.1) is 36.2 Å². The standard InChI is InChI=1S/C20H23N3O8S/c1-29-18-10-16(17(23(25)26)11-19(18)30-2)20(24)22-13-5-7-15(8-6-13)32(27,28)21-12-14-4-3-9-31-14/h5-8,10-11,14,21H,3-4,9,12H2,1-2H3,(H,22,24)/t14-/m0/s1. The van der Waals surface area contributed by atoms with E-state index in [1.807, 2.05) is 0 Å². The van der Waals surface area contributed by atoms with Crippen LogP contribution >= 0.6 is 0 Å². The molecule has 3 rings (SSSR count). The predicted molar refractivity (Wildman–Crippen MR) is 115 cm³/mol. The van der Waals surface area contributed by atoms with E-state index in [9.17, 15) is 23.3 Å². The Hall–Kier alpha value is -3.22. The van der Waals surface area contributed by atoms with Crippen molar-refractivity contribution in [2.24, 2.45) is 0 Å². The lowest BCUT2D eigenvalue weighted by atomic mass is 10.1. The molecule has 0 aliphatic carbocycles. The molecule has 12 heteroatoms. The summed E-state index contributed by atoms with van der Waals surface area (Å²) in [6.07, 6.45) is 1.56. The van der Waals surface area contributed by atoms with Crippen LogP contribution in [-0.4, -0.2) is 52.7 Å². The molecule has 0 saturated carbocycles. The van der Waals surface area contributed by atoms with Crippen molar-refractivity contribution in [2.75, 3.05) is 32.7 Å². The zero-order valence-electron chi connectivity index (χ0n) is 17.5. The van der Waals surface area contributed by atoms with Crippen molar-refractivity contribution in [3.63, 3.8) is 0 Å². The Morgan fingerprint density at radius 3 is 2.41 bits per heavy atom. The van der Waals surface area contributed by atoms with E-state index in [-0.39, 0.29) is 40.3 Å². The van der Waals surface area contributed by atoms with Crippen molar-refractivity contribution in [1.29, 1.82) is 0 Å². The van der Waals surface area contributed by atoms with Crippen LogP contribution in [0, 0.1) is 10.1 Å². The number of ether oxygens (including phenoxy) is 3. The van der Waals surface area contributed by atoms with E-state index in [4.69, 9.17) is 14.2 Å². The van der Waals surface area contributed by atoms with E-state index in [0.29, 0.717) is 6.61 Å². The van der Waals surface area contributed by atoms with Crippen molar-refractivity contribution >= 4 is 27.3 Å². The number of nitrogens with zero attached hydrogens (tertiary/aromatic N) is 1. The van der Waals surface area contributed by atoms with E-state index in [0.717, 1.165) is 18.9 Å². The smallest absolute Gasteiger partial charge is 0.286 e. The second kappa shape index (κ2) is 9.94. The molecule has 1 aliphatic rings. The topological polar surface area (TPSA) is 146 Å². The fourth-order valence-electron chi connectivity index (χ4n) is 3.21. The molecule has 1 heterocycles. The zero-order valence-corrected chi connectivity index (χ0v) is 18.3. The molecular weight excluding hydrogens is 442 g/mol. The van der Waals surface area contributed by atoms with E-state index in [1.165, 1.54) is 44.6 Å². The molecule has 0 bridgehead atoms. The van der Waals surface area contributed by atoms with Gasteiger partial charge in [0, 0.05) is 24.9 Å². The third-order valence-electron chi connectivity index (χ3n) is 4.89. The number of rotatable bonds is 9. The summed E-state index contributed by atoms with van der Waals surface area (Å²) >= 11 is 0. The summed E-state index contributed by atoms with van der Waals surface area (Å²) in [5, 5.41) is 13.9. The fourth-order valence-corrected chi connectivity index (χ4v) is 4.27. The molecule has 0 aromatic heterocycles. The molecule has 2 aromatic rings. The van der Waals surface area contributed by atoms with Crippen molar-refractivity contribution < 1.29 is 32.3 Å². The lowest BCUT2D eigenvalue weighted by molar-refractivity contribution is -0.385. The highest BCUT2D eigenvalue weighted by molar-refractivity contribution is 7.89. The predicted octanol–water partition coefficient (Wildman–Crippen LogP) is 2.32. The van der Waals surface area contributed by atoms with Gasteiger partial charge in [0.1, 0.15) is 5.56 Å². The highest BCUT2D eigenvalue weighted by Gasteiger charge is 2.25. The minimum Gasteiger partial charge on any atom is -0.493 e. The Bertz CT molecular complexity index is 1100. The molecule has 1 aliphatic heterocycles. The Kier molecular flexibility index (Phi) is 7.28. The number of carbonyl (C=O) groups excluding carboxylic acids is 1. The average Bonchev–Trinajstić information content (AvgIpc) is 3.31. The van der Waals surface area contributed by atoms with Gasteiger partial charge in [-0.2, -0.15) is 0 Å². The maximum Gasteiger partial charge on any atom is 0.286 e. The third kappa shape index (κ3) is 5.33. The summed E-state index contributed by atoms with van der Waals surface area (Å²) in [5.74, 6) is -0.493. The second-order valence-electron chi connectivity index (χ2n) is 6.95. The normalized spacial score (nSPS) is 15.9. The monoisotopic (exact) mass is 465 g/mol. The molecular formula is C20H23N3O8S. The largest absolute Gasteiger partial charge is 0.493 e. The van der Waals surface area contributed by atoms with E-state index >= 15 is 0 Å². The van der Waals surface area contributed by atoms with Gasteiger partial charge in [0.25, 0.3) is 11.6 Å². The van der Waals surface area contributed by atoms with E-state index in [1.54, 1.807) is 0 Å². The quantitative estimate of drug-likeness (QED) is 0.424. The summed E-state index contributed by atoms with van der Waals surface area (Å²) < 4.78 is 43.0. The number of nitrogens with one attached hydrogen (secondary N) is 2. The second-order valence-corrected chi connectivity index (χ2v) is 8.71. The van der Waals surface area contributed by atoms with Gasteiger partial charge in [-0.25, -0.2) is 13.1 Å². The number of hydrogen-bond acceptors (Lipinski definition) is 8. The zero-order chi connectivity index (χ0) is 23.3. The third-order valence-corrected chi connectivity index (χ3v) is 6.33. The Balaban J connectivity index is 1.75. The summed E-state index contributed by atoms with van der Waals surface area (Å²) in [6, 6.07) is 7.76. The number of nitro groups is 1. The summed E-state index contributed by atoms with van der Waals surface area (Å²) in [7, 11) is -1.07. The van der Waals surface area contributed by atoms with Crippen LogP contribution in [0.4, 0.5) is 11.4 Å². The van der Waals surface area contributed by atoms with Crippen LogP contribution in [0.15, 0.2) is 41.3 Å². The van der Waals surface area contributed by atoms with Gasteiger partial charge in [0.2, 0.25) is 10.0 Å². The molecule has 32 heavy (non-hydrogen) atoms. The van der Waals surface area contributed by atoms with Crippen LogP contribution < -0.4 is 19.5 Å². The van der Waals surface area contributed by atoms with E-state index in [2.05, 4.69) is 10.0 Å². The van der Waals surface area contributed by atoms with Gasteiger partial charge in [-0.1, -0.05) is 0 Å². The number of carbonyl (C=O) groups is 1. The fraction of sp³-hybridized carbons (Fsp3) is 0.350. The summed E-state index contributed by atoms with van der Waals surface area (Å²) in [6.45, 7) is 0.808. The first kappa shape index (κ1) is 23.4. The number of methoxy groups -OCH3 is 2. The first-order valence-corrected chi connectivity index (χ1v) is 11.2. The van der Waals surface area contributed by atoms with Gasteiger partial charge in [-0.3, -0.25) is 14.9 Å². The lowest BCUT2D eigenvalue weighted by Crippen LogP contribution is -2.31. The van der Waals surface area contributed by atoms with Crippen LogP contribution in [0.25, 0.3) is 0 Å². The number of benzene rings is 2. The lowest BCUT2D eigenvalue weighted by Gasteiger charge is -2.12. The summed E-state index contributed by atoms with van der Waals surface area (Å²) in [5.41, 5.74) is -0.433. The Morgan fingerprint density at radius 2 is 1.84 bits per heavy atom. The van der Waals surface area contributed by atoms with Crippen molar-refractivity contribution in [3.8, 4) is 11.5 Å². The van der Waals surface area contributed by atoms with Crippen LogP contribution in [0.1, 0.15) is 23.2 Å². The number of amides is 1. The Morgan fingerprint density at radius 1 is 1.19 bits per heavy atom. The molecule has 1 fully saturated rings. The van der Waals surface area contributed by atoms with Gasteiger partial charge in [-0.15, -0.1) is 0 Å². The van der Waals surface area contributed by atoms with E-state index < -0.39 is 26.5 Å². The number of sulfonamides is 1. The van der Waals surface area contributed by atoms with Crippen LogP contribution in [0.3, 0.4) is 0 Å². The van der Waals surface area contributed by atoms with Crippen LogP contribution in [0.5, 0.6) is 11.5 Å². The van der Waals surface area contributed by atoms with Gasteiger partial charge < -0.3 is 19.5 Å². The van der Waals surface area contributed by atoms with Gasteiger partial charge in [0.15, 0.2) is 11.5 Å². The molecule has 0 unspecified atom stereocenters.